The van der Waals surface area contributed by atoms with Crippen LogP contribution in [0, 0.1) is 0 Å². The zero-order chi connectivity index (χ0) is 23.2. The number of nitrogens with zero attached hydrogens (tertiary/aromatic N) is 1. The number of carbonyl (C=O) groups is 1. The zero-order valence-corrected chi connectivity index (χ0v) is 17.1. The van der Waals surface area contributed by atoms with Gasteiger partial charge < -0.3 is 14.8 Å². The lowest BCUT2D eigenvalue weighted by Gasteiger charge is -2.12. The summed E-state index contributed by atoms with van der Waals surface area (Å²) in [6.07, 6.45) is 2.15. The summed E-state index contributed by atoms with van der Waals surface area (Å²) in [4.78, 5) is 12.1. The topological polar surface area (TPSA) is 84.9 Å². The highest BCUT2D eigenvalue weighted by Crippen LogP contribution is 2.28. The number of hydrogen-bond donors (Lipinski definition) is 1. The molecule has 31 heavy (non-hydrogen) atoms. The molecule has 0 aromatic heterocycles. The van der Waals surface area contributed by atoms with Crippen LogP contribution >= 0.6 is 0 Å². The van der Waals surface area contributed by atoms with Crippen molar-refractivity contribution >= 4 is 27.7 Å². The molecule has 0 heterocycles. The highest BCUT2D eigenvalue weighted by atomic mass is 32.2. The van der Waals surface area contributed by atoms with Crippen molar-refractivity contribution in [3.63, 3.8) is 0 Å². The molecule has 1 N–H and O–H groups in total. The molecule has 2 aromatic rings. The lowest BCUT2D eigenvalue weighted by Crippen LogP contribution is -2.22. The molecule has 0 saturated heterocycles. The van der Waals surface area contributed by atoms with E-state index in [1.807, 2.05) is 0 Å². The number of anilines is 1. The standard InChI is InChI=1S/C19H18F4N2O5S/c1-25(2)31(27,28)15-8-5-13(6-9-15)24-17(26)10-4-12-3-7-14(29-18(20)21)11-16(12)30-19(22)23/h3-11,18-19H,1-2H3,(H,24,26)/b10-4+. The Morgan fingerprint density at radius 2 is 1.61 bits per heavy atom. The third-order valence-electron chi connectivity index (χ3n) is 3.74. The van der Waals surface area contributed by atoms with E-state index in [1.165, 1.54) is 44.4 Å². The maximum atomic E-state index is 12.6. The number of hydrogen-bond acceptors (Lipinski definition) is 5. The van der Waals surface area contributed by atoms with Crippen LogP contribution in [0.25, 0.3) is 6.08 Å². The number of nitrogens with one attached hydrogen (secondary N) is 1. The lowest BCUT2D eigenvalue weighted by molar-refractivity contribution is -0.111. The molecule has 1 amide bonds. The first-order valence-corrected chi connectivity index (χ1v) is 9.98. The smallest absolute Gasteiger partial charge is 0.387 e. The molecule has 2 rings (SSSR count). The molecule has 0 aliphatic rings. The van der Waals surface area contributed by atoms with E-state index in [4.69, 9.17) is 0 Å². The number of alkyl halides is 4. The van der Waals surface area contributed by atoms with Crippen LogP contribution in [0.3, 0.4) is 0 Å². The summed E-state index contributed by atoms with van der Waals surface area (Å²) in [5, 5.41) is 2.47. The minimum absolute atomic E-state index is 0.0180. The van der Waals surface area contributed by atoms with Crippen molar-refractivity contribution in [3.05, 3.63) is 54.1 Å². The van der Waals surface area contributed by atoms with Crippen molar-refractivity contribution < 1.29 is 40.2 Å². The van der Waals surface area contributed by atoms with Gasteiger partial charge in [-0.15, -0.1) is 0 Å². The maximum Gasteiger partial charge on any atom is 0.387 e. The van der Waals surface area contributed by atoms with Crippen LogP contribution in [-0.2, 0) is 14.8 Å². The van der Waals surface area contributed by atoms with Crippen molar-refractivity contribution in [1.82, 2.24) is 4.31 Å². The van der Waals surface area contributed by atoms with Crippen molar-refractivity contribution in [3.8, 4) is 11.5 Å². The Labute approximate surface area is 175 Å². The average Bonchev–Trinajstić information content (AvgIpc) is 2.66. The molecule has 0 atom stereocenters. The van der Waals surface area contributed by atoms with Gasteiger partial charge in [-0.1, -0.05) is 0 Å². The summed E-state index contributed by atoms with van der Waals surface area (Å²) in [6, 6.07) is 8.50. The quantitative estimate of drug-likeness (QED) is 0.453. The molecule has 0 bridgehead atoms. The van der Waals surface area contributed by atoms with Gasteiger partial charge in [-0.2, -0.15) is 17.6 Å². The average molecular weight is 462 g/mol. The number of carbonyl (C=O) groups excluding carboxylic acids is 1. The number of amides is 1. The number of halogens is 4. The van der Waals surface area contributed by atoms with Crippen molar-refractivity contribution in [1.29, 1.82) is 0 Å². The van der Waals surface area contributed by atoms with Gasteiger partial charge >= 0.3 is 13.2 Å². The van der Waals surface area contributed by atoms with E-state index in [9.17, 15) is 30.8 Å². The number of sulfonamides is 1. The van der Waals surface area contributed by atoms with Gasteiger partial charge in [-0.25, -0.2) is 12.7 Å². The predicted molar refractivity (Wildman–Crippen MR) is 105 cm³/mol. The van der Waals surface area contributed by atoms with Crippen molar-refractivity contribution in [2.75, 3.05) is 19.4 Å². The van der Waals surface area contributed by atoms with Crippen LogP contribution in [0.2, 0.25) is 0 Å². The van der Waals surface area contributed by atoms with Gasteiger partial charge in [-0.3, -0.25) is 4.79 Å². The summed E-state index contributed by atoms with van der Waals surface area (Å²) in [5.41, 5.74) is 0.307. The molecule has 7 nitrogen and oxygen atoms in total. The molecule has 0 saturated carbocycles. The second kappa shape index (κ2) is 10.3. The fraction of sp³-hybridized carbons (Fsp3) is 0.211. The van der Waals surface area contributed by atoms with E-state index < -0.39 is 34.9 Å². The van der Waals surface area contributed by atoms with E-state index in [0.717, 1.165) is 28.6 Å². The first-order chi connectivity index (χ1) is 14.5. The minimum Gasteiger partial charge on any atom is -0.435 e. The first kappa shape index (κ1) is 24.2. The van der Waals surface area contributed by atoms with Gasteiger partial charge in [0.2, 0.25) is 15.9 Å². The normalized spacial score (nSPS) is 12.0. The molecule has 0 fully saturated rings. The molecule has 168 valence electrons. The highest BCUT2D eigenvalue weighted by Gasteiger charge is 2.17. The van der Waals surface area contributed by atoms with Crippen molar-refractivity contribution in [2.24, 2.45) is 0 Å². The van der Waals surface area contributed by atoms with Crippen molar-refractivity contribution in [2.45, 2.75) is 18.1 Å². The van der Waals surface area contributed by atoms with Crippen LogP contribution in [-0.4, -0.2) is 45.9 Å². The molecule has 0 aliphatic heterocycles. The second-order valence-corrected chi connectivity index (χ2v) is 8.24. The Kier molecular flexibility index (Phi) is 8.00. The summed E-state index contributed by atoms with van der Waals surface area (Å²) in [7, 11) is -0.854. The van der Waals surface area contributed by atoms with Gasteiger partial charge in [0.25, 0.3) is 0 Å². The fourth-order valence-corrected chi connectivity index (χ4v) is 3.20. The van der Waals surface area contributed by atoms with Gasteiger partial charge in [0, 0.05) is 37.5 Å². The van der Waals surface area contributed by atoms with E-state index >= 15 is 0 Å². The molecule has 0 unspecified atom stereocenters. The third kappa shape index (κ3) is 6.96. The summed E-state index contributed by atoms with van der Waals surface area (Å²) < 4.78 is 83.3. The van der Waals surface area contributed by atoms with E-state index in [2.05, 4.69) is 14.8 Å². The first-order valence-electron chi connectivity index (χ1n) is 8.54. The largest absolute Gasteiger partial charge is 0.435 e. The molecule has 0 spiro atoms. The number of rotatable bonds is 9. The Morgan fingerprint density at radius 1 is 1.00 bits per heavy atom. The Hall–Kier alpha value is -3.12. The lowest BCUT2D eigenvalue weighted by atomic mass is 10.1. The molecule has 0 radical (unpaired) electrons. The van der Waals surface area contributed by atoms with Gasteiger partial charge in [-0.05, 0) is 42.5 Å². The predicted octanol–water partition coefficient (Wildman–Crippen LogP) is 3.79. The van der Waals surface area contributed by atoms with Gasteiger partial charge in [0.05, 0.1) is 4.90 Å². The fourth-order valence-electron chi connectivity index (χ4n) is 2.30. The van der Waals surface area contributed by atoms with Crippen LogP contribution < -0.4 is 14.8 Å². The Balaban J connectivity index is 2.13. The molecule has 12 heteroatoms. The maximum absolute atomic E-state index is 12.6. The summed E-state index contributed by atoms with van der Waals surface area (Å²) in [5.74, 6) is -1.51. The number of ether oxygens (including phenoxy) is 2. The van der Waals surface area contributed by atoms with Gasteiger partial charge in [0.15, 0.2) is 0 Å². The van der Waals surface area contributed by atoms with Crippen LogP contribution in [0.15, 0.2) is 53.4 Å². The molecule has 0 aliphatic carbocycles. The SMILES string of the molecule is CN(C)S(=O)(=O)c1ccc(NC(=O)/C=C/c2ccc(OC(F)F)cc2OC(F)F)cc1. The third-order valence-corrected chi connectivity index (χ3v) is 5.57. The van der Waals surface area contributed by atoms with E-state index in [1.54, 1.807) is 0 Å². The van der Waals surface area contributed by atoms with Crippen LogP contribution in [0.4, 0.5) is 23.2 Å². The highest BCUT2D eigenvalue weighted by molar-refractivity contribution is 7.89. The van der Waals surface area contributed by atoms with Crippen LogP contribution in [0.5, 0.6) is 11.5 Å². The minimum atomic E-state index is -3.62. The summed E-state index contributed by atoms with van der Waals surface area (Å²) >= 11 is 0. The van der Waals surface area contributed by atoms with E-state index in [0.29, 0.717) is 0 Å². The van der Waals surface area contributed by atoms with Gasteiger partial charge in [0.1, 0.15) is 11.5 Å². The summed E-state index contributed by atoms with van der Waals surface area (Å²) in [6.45, 7) is -6.37. The Bertz CT molecular complexity index is 1040. The number of benzene rings is 2. The van der Waals surface area contributed by atoms with Crippen LogP contribution in [0.1, 0.15) is 5.56 Å². The second-order valence-electron chi connectivity index (χ2n) is 6.09. The van der Waals surface area contributed by atoms with E-state index in [-0.39, 0.29) is 21.9 Å². The molecular weight excluding hydrogens is 444 g/mol. The molecule has 2 aromatic carbocycles. The Morgan fingerprint density at radius 3 is 2.16 bits per heavy atom. The monoisotopic (exact) mass is 462 g/mol. The zero-order valence-electron chi connectivity index (χ0n) is 16.3. The molecular formula is C19H18F4N2O5S.